The normalized spacial score (nSPS) is 20.3. The number of carboxylic acids is 1. The molecule has 1 amide bonds. The number of amides is 1. The maximum atomic E-state index is 12.9. The Morgan fingerprint density at radius 3 is 2.68 bits per heavy atom. The van der Waals surface area contributed by atoms with Crippen LogP contribution in [0.1, 0.15) is 35.7 Å². The second-order valence-electron chi connectivity index (χ2n) is 6.75. The van der Waals surface area contributed by atoms with Gasteiger partial charge in [-0.1, -0.05) is 29.8 Å². The van der Waals surface area contributed by atoms with Crippen molar-refractivity contribution in [2.75, 3.05) is 6.54 Å². The first-order valence-corrected chi connectivity index (χ1v) is 8.51. The van der Waals surface area contributed by atoms with E-state index >= 15 is 0 Å². The Hall–Kier alpha value is -2.69. The van der Waals surface area contributed by atoms with E-state index in [0.29, 0.717) is 18.4 Å². The number of carbonyl (C=O) groups excluding carboxylic acids is 1. The van der Waals surface area contributed by atoms with Crippen molar-refractivity contribution >= 4 is 11.9 Å². The van der Waals surface area contributed by atoms with E-state index in [1.807, 2.05) is 38.1 Å². The van der Waals surface area contributed by atoms with Crippen molar-refractivity contribution in [2.45, 2.75) is 32.7 Å². The van der Waals surface area contributed by atoms with Gasteiger partial charge in [0.2, 0.25) is 0 Å². The lowest BCUT2D eigenvalue weighted by molar-refractivity contribution is -0.143. The highest BCUT2D eigenvalue weighted by atomic mass is 16.4. The smallest absolute Gasteiger partial charge is 0.308 e. The minimum absolute atomic E-state index is 0.0331. The number of rotatable bonds is 3. The third kappa shape index (κ3) is 3.71. The molecule has 1 aromatic carbocycles. The number of nitrogens with zero attached hydrogens (tertiary/aromatic N) is 2. The Balaban J connectivity index is 1.87. The van der Waals surface area contributed by atoms with E-state index < -0.39 is 11.9 Å². The molecule has 0 bridgehead atoms. The number of aryl methyl sites for hydroxylation is 1. The topological polar surface area (TPSA) is 70.5 Å². The van der Waals surface area contributed by atoms with Crippen molar-refractivity contribution in [2.24, 2.45) is 5.92 Å². The molecule has 2 aromatic rings. The largest absolute Gasteiger partial charge is 0.481 e. The van der Waals surface area contributed by atoms with E-state index in [9.17, 15) is 14.7 Å². The van der Waals surface area contributed by atoms with Crippen molar-refractivity contribution in [3.63, 3.8) is 0 Å². The molecule has 130 valence electrons. The highest BCUT2D eigenvalue weighted by molar-refractivity contribution is 5.95. The predicted octanol–water partition coefficient (Wildman–Crippen LogP) is 3.38. The van der Waals surface area contributed by atoms with Crippen molar-refractivity contribution in [1.82, 2.24) is 9.88 Å². The zero-order valence-corrected chi connectivity index (χ0v) is 14.5. The average Bonchev–Trinajstić information content (AvgIpc) is 2.61. The molecular formula is C20H22N2O3. The molecule has 1 fully saturated rings. The van der Waals surface area contributed by atoms with Gasteiger partial charge in [-0.3, -0.25) is 14.6 Å². The van der Waals surface area contributed by atoms with Crippen LogP contribution in [0.3, 0.4) is 0 Å². The summed E-state index contributed by atoms with van der Waals surface area (Å²) in [6.45, 7) is 4.24. The first-order chi connectivity index (χ1) is 12.0. The Morgan fingerprint density at radius 2 is 1.96 bits per heavy atom. The highest BCUT2D eigenvalue weighted by Crippen LogP contribution is 2.26. The number of carbonyl (C=O) groups is 2. The number of benzene rings is 1. The van der Waals surface area contributed by atoms with E-state index in [2.05, 4.69) is 11.1 Å². The van der Waals surface area contributed by atoms with Crippen LogP contribution in [0.2, 0.25) is 0 Å². The molecule has 0 aliphatic carbocycles. The average molecular weight is 338 g/mol. The van der Waals surface area contributed by atoms with Crippen LogP contribution in [0.25, 0.3) is 11.1 Å². The van der Waals surface area contributed by atoms with Gasteiger partial charge in [0.05, 0.1) is 11.5 Å². The summed E-state index contributed by atoms with van der Waals surface area (Å²) in [7, 11) is 0. The van der Waals surface area contributed by atoms with Gasteiger partial charge in [-0.05, 0) is 38.3 Å². The van der Waals surface area contributed by atoms with E-state index in [1.54, 1.807) is 17.3 Å². The number of hydrogen-bond acceptors (Lipinski definition) is 3. The first kappa shape index (κ1) is 17.1. The number of carboxylic acid groups (broad SMARTS) is 1. The predicted molar refractivity (Wildman–Crippen MR) is 95.3 cm³/mol. The van der Waals surface area contributed by atoms with Crippen LogP contribution < -0.4 is 0 Å². The summed E-state index contributed by atoms with van der Waals surface area (Å²) in [5.74, 6) is -1.48. The summed E-state index contributed by atoms with van der Waals surface area (Å²) in [6, 6.07) is 9.90. The lowest BCUT2D eigenvalue weighted by atomic mass is 9.93. The maximum absolute atomic E-state index is 12.9. The second kappa shape index (κ2) is 7.05. The van der Waals surface area contributed by atoms with Gasteiger partial charge in [-0.2, -0.15) is 0 Å². The van der Waals surface area contributed by atoms with E-state index in [1.165, 1.54) is 0 Å². The van der Waals surface area contributed by atoms with Crippen molar-refractivity contribution in [3.05, 3.63) is 53.9 Å². The molecular weight excluding hydrogens is 316 g/mol. The van der Waals surface area contributed by atoms with Gasteiger partial charge in [0.1, 0.15) is 0 Å². The fraction of sp³-hybridized carbons (Fsp3) is 0.350. The molecule has 2 unspecified atom stereocenters. The second-order valence-corrected chi connectivity index (χ2v) is 6.75. The van der Waals surface area contributed by atoms with Gasteiger partial charge in [0.15, 0.2) is 0 Å². The summed E-state index contributed by atoms with van der Waals surface area (Å²) in [4.78, 5) is 30.1. The molecule has 0 radical (unpaired) electrons. The van der Waals surface area contributed by atoms with Crippen LogP contribution in [-0.2, 0) is 4.79 Å². The van der Waals surface area contributed by atoms with Gasteiger partial charge in [0.25, 0.3) is 5.91 Å². The van der Waals surface area contributed by atoms with E-state index in [-0.39, 0.29) is 18.5 Å². The molecule has 1 aliphatic heterocycles. The van der Waals surface area contributed by atoms with Crippen LogP contribution in [0.4, 0.5) is 0 Å². The Labute approximate surface area is 147 Å². The molecule has 0 saturated carbocycles. The highest BCUT2D eigenvalue weighted by Gasteiger charge is 2.33. The lowest BCUT2D eigenvalue weighted by Gasteiger charge is -2.36. The van der Waals surface area contributed by atoms with Gasteiger partial charge >= 0.3 is 5.97 Å². The number of aliphatic carboxylic acids is 1. The van der Waals surface area contributed by atoms with Crippen LogP contribution in [-0.4, -0.2) is 39.5 Å². The van der Waals surface area contributed by atoms with Crippen molar-refractivity contribution in [3.8, 4) is 11.1 Å². The zero-order chi connectivity index (χ0) is 18.0. The molecule has 0 spiro atoms. The summed E-state index contributed by atoms with van der Waals surface area (Å²) in [5.41, 5.74) is 3.53. The number of piperidine rings is 1. The van der Waals surface area contributed by atoms with E-state index in [0.717, 1.165) is 16.7 Å². The van der Waals surface area contributed by atoms with Gasteiger partial charge in [-0.15, -0.1) is 0 Å². The summed E-state index contributed by atoms with van der Waals surface area (Å²) in [6.07, 6.45) is 4.61. The van der Waals surface area contributed by atoms with Crippen LogP contribution in [0, 0.1) is 12.8 Å². The van der Waals surface area contributed by atoms with Crippen LogP contribution in [0.5, 0.6) is 0 Å². The van der Waals surface area contributed by atoms with Crippen LogP contribution >= 0.6 is 0 Å². The quantitative estimate of drug-likeness (QED) is 0.931. The fourth-order valence-electron chi connectivity index (χ4n) is 3.30. The minimum atomic E-state index is -0.837. The zero-order valence-electron chi connectivity index (χ0n) is 14.5. The third-order valence-electron chi connectivity index (χ3n) is 4.83. The number of aromatic nitrogens is 1. The van der Waals surface area contributed by atoms with Gasteiger partial charge < -0.3 is 10.0 Å². The monoisotopic (exact) mass is 338 g/mol. The molecule has 3 rings (SSSR count). The Bertz CT molecular complexity index is 803. The Morgan fingerprint density at radius 1 is 1.16 bits per heavy atom. The fourth-order valence-corrected chi connectivity index (χ4v) is 3.30. The standard InChI is InChI=1S/C20H22N2O3/c1-13-4-3-5-15(8-13)17-9-18(11-21-10-17)19(23)22-12-16(20(24)25)7-6-14(22)2/h3-5,8-11,14,16H,6-7,12H2,1-2H3,(H,24,25). The molecule has 1 aliphatic rings. The van der Waals surface area contributed by atoms with Crippen LogP contribution in [0.15, 0.2) is 42.7 Å². The third-order valence-corrected chi connectivity index (χ3v) is 4.83. The summed E-state index contributed by atoms with van der Waals surface area (Å²) < 4.78 is 0. The molecule has 2 atom stereocenters. The molecule has 1 saturated heterocycles. The van der Waals surface area contributed by atoms with Crippen molar-refractivity contribution in [1.29, 1.82) is 0 Å². The molecule has 5 nitrogen and oxygen atoms in total. The molecule has 1 aromatic heterocycles. The summed E-state index contributed by atoms with van der Waals surface area (Å²) in [5, 5.41) is 9.26. The van der Waals surface area contributed by atoms with Gasteiger partial charge in [0, 0.05) is 30.5 Å². The number of likely N-dealkylation sites (tertiary alicyclic amines) is 1. The van der Waals surface area contributed by atoms with Gasteiger partial charge in [-0.25, -0.2) is 0 Å². The molecule has 5 heteroatoms. The minimum Gasteiger partial charge on any atom is -0.481 e. The molecule has 2 heterocycles. The lowest BCUT2D eigenvalue weighted by Crippen LogP contribution is -2.47. The SMILES string of the molecule is Cc1cccc(-c2cncc(C(=O)N3CC(C(=O)O)CCC3C)c2)c1. The van der Waals surface area contributed by atoms with Crippen molar-refractivity contribution < 1.29 is 14.7 Å². The van der Waals surface area contributed by atoms with E-state index in [4.69, 9.17) is 0 Å². The maximum Gasteiger partial charge on any atom is 0.308 e. The first-order valence-electron chi connectivity index (χ1n) is 8.51. The number of hydrogen-bond donors (Lipinski definition) is 1. The Kier molecular flexibility index (Phi) is 4.83. The molecule has 1 N–H and O–H groups in total. The number of pyridine rings is 1. The summed E-state index contributed by atoms with van der Waals surface area (Å²) >= 11 is 0. The molecule has 25 heavy (non-hydrogen) atoms.